The van der Waals surface area contributed by atoms with Crippen molar-refractivity contribution in [2.75, 3.05) is 19.8 Å². The Morgan fingerprint density at radius 2 is 1.50 bits per heavy atom. The van der Waals surface area contributed by atoms with Gasteiger partial charge in [-0.25, -0.2) is 4.98 Å². The first-order valence-corrected chi connectivity index (χ1v) is 18.3. The highest BCUT2D eigenvalue weighted by Crippen LogP contribution is 2.51. The highest BCUT2D eigenvalue weighted by Gasteiger charge is 2.39. The molecule has 2 aromatic carbocycles. The molecule has 3 aromatic rings. The van der Waals surface area contributed by atoms with E-state index in [4.69, 9.17) is 13.3 Å². The fourth-order valence-electron chi connectivity index (χ4n) is 3.27. The highest BCUT2D eigenvalue weighted by atomic mass is 33.7. The Hall–Kier alpha value is -0.173. The van der Waals surface area contributed by atoms with Crippen molar-refractivity contribution in [2.45, 2.75) is 48.9 Å². The lowest BCUT2D eigenvalue weighted by molar-refractivity contribution is 0.0708. The molecule has 0 N–H and O–H groups in total. The van der Waals surface area contributed by atoms with Crippen LogP contribution in [-0.2, 0) is 19.7 Å². The molecule has 4 nitrogen and oxygen atoms in total. The predicted molar refractivity (Wildman–Crippen MR) is 147 cm³/mol. The zero-order valence-electron chi connectivity index (χ0n) is 18.6. The van der Waals surface area contributed by atoms with Gasteiger partial charge in [0.25, 0.3) is 0 Å². The van der Waals surface area contributed by atoms with Crippen molar-refractivity contribution in [2.24, 2.45) is 0 Å². The van der Waals surface area contributed by atoms with Crippen molar-refractivity contribution in [1.29, 1.82) is 0 Å². The second-order valence-corrected chi connectivity index (χ2v) is 16.4. The number of benzene rings is 2. The van der Waals surface area contributed by atoms with E-state index < -0.39 is 8.80 Å². The number of hydrogen-bond acceptors (Lipinski definition) is 9. The Morgan fingerprint density at radius 3 is 2.22 bits per heavy atom. The van der Waals surface area contributed by atoms with Crippen LogP contribution in [0.1, 0.15) is 32.8 Å². The second-order valence-electron chi connectivity index (χ2n) is 6.69. The van der Waals surface area contributed by atoms with E-state index in [1.54, 1.807) is 41.8 Å². The van der Waals surface area contributed by atoms with Gasteiger partial charge in [-0.3, -0.25) is 0 Å². The van der Waals surface area contributed by atoms with E-state index in [0.29, 0.717) is 19.8 Å². The number of rotatable bonds is 15. The molecule has 0 atom stereocenters. The molecule has 10 heteroatoms. The zero-order chi connectivity index (χ0) is 22.7. The van der Waals surface area contributed by atoms with E-state index in [-0.39, 0.29) is 0 Å². The van der Waals surface area contributed by atoms with Crippen LogP contribution in [0.5, 0.6) is 0 Å². The molecule has 0 aliphatic rings. The third-order valence-corrected chi connectivity index (χ3v) is 15.1. The normalized spacial score (nSPS) is 12.0. The molecule has 0 radical (unpaired) electrons. The Balaban J connectivity index is 1.50. The lowest BCUT2D eigenvalue weighted by atomic mass is 10.1. The van der Waals surface area contributed by atoms with E-state index in [0.717, 1.165) is 28.7 Å². The molecule has 0 aliphatic heterocycles. The molecule has 1 aromatic heterocycles. The average molecular weight is 544 g/mol. The second kappa shape index (κ2) is 14.3. The van der Waals surface area contributed by atoms with E-state index in [1.807, 2.05) is 37.6 Å². The summed E-state index contributed by atoms with van der Waals surface area (Å²) in [4.78, 5) is 6.00. The summed E-state index contributed by atoms with van der Waals surface area (Å²) in [7, 11) is 4.52. The van der Waals surface area contributed by atoms with Crippen molar-refractivity contribution < 1.29 is 13.3 Å². The molecule has 0 unspecified atom stereocenters. The average Bonchev–Trinajstić information content (AvgIpc) is 3.21. The third-order valence-electron chi connectivity index (χ3n) is 4.53. The van der Waals surface area contributed by atoms with E-state index in [9.17, 15) is 0 Å². The molecule has 0 bridgehead atoms. The summed E-state index contributed by atoms with van der Waals surface area (Å²) >= 11 is 1.75. The Labute approximate surface area is 211 Å². The van der Waals surface area contributed by atoms with Crippen LogP contribution in [0.15, 0.2) is 57.8 Å². The Kier molecular flexibility index (Phi) is 11.8. The minimum absolute atomic E-state index is 0.624. The topological polar surface area (TPSA) is 40.6 Å². The number of fused-ring (bicyclic) bond motifs is 1. The van der Waals surface area contributed by atoms with E-state index in [1.165, 1.54) is 15.2 Å². The van der Waals surface area contributed by atoms with Crippen LogP contribution < -0.4 is 0 Å². The summed E-state index contributed by atoms with van der Waals surface area (Å²) in [5.41, 5.74) is 2.44. The fourth-order valence-corrected chi connectivity index (χ4v) is 13.1. The molecule has 1 heterocycles. The maximum Gasteiger partial charge on any atom is 0.500 e. The number of nitrogens with zero attached hydrogens (tertiary/aromatic N) is 1. The van der Waals surface area contributed by atoms with Crippen LogP contribution in [0.25, 0.3) is 10.2 Å². The van der Waals surface area contributed by atoms with Gasteiger partial charge < -0.3 is 13.3 Å². The molecule has 3 rings (SSSR count). The van der Waals surface area contributed by atoms with Crippen LogP contribution in [0, 0.1) is 0 Å². The van der Waals surface area contributed by atoms with Crippen LogP contribution >= 0.6 is 52.6 Å². The summed E-state index contributed by atoms with van der Waals surface area (Å²) in [5, 5.41) is 0. The Bertz CT molecular complexity index is 908. The maximum absolute atomic E-state index is 6.00. The minimum atomic E-state index is -2.57. The van der Waals surface area contributed by atoms with Crippen molar-refractivity contribution in [3.63, 3.8) is 0 Å². The molecule has 0 aliphatic carbocycles. The monoisotopic (exact) mass is 543 g/mol. The smallest absolute Gasteiger partial charge is 0.374 e. The first-order chi connectivity index (χ1) is 15.7. The summed E-state index contributed by atoms with van der Waals surface area (Å²) in [6.07, 6.45) is 1.98. The first kappa shape index (κ1) is 26.4. The number of aryl methyl sites for hydroxylation is 1. The van der Waals surface area contributed by atoms with Crippen LogP contribution in [0.3, 0.4) is 0 Å². The molecule has 0 amide bonds. The summed E-state index contributed by atoms with van der Waals surface area (Å²) < 4.78 is 20.3. The fraction of sp³-hybridized carbons (Fsp3) is 0.409. The highest BCUT2D eigenvalue weighted by molar-refractivity contribution is 9.26. The van der Waals surface area contributed by atoms with Crippen LogP contribution in [0.2, 0.25) is 6.04 Å². The summed E-state index contributed by atoms with van der Waals surface area (Å²) in [5.74, 6) is 0. The third kappa shape index (κ3) is 7.95. The summed E-state index contributed by atoms with van der Waals surface area (Å²) in [6.45, 7) is 7.89. The molecular weight excluding hydrogens is 515 g/mol. The van der Waals surface area contributed by atoms with Gasteiger partial charge in [-0.1, -0.05) is 30.3 Å². The van der Waals surface area contributed by atoms with Gasteiger partial charge in [0.15, 0.2) is 4.34 Å². The molecule has 0 saturated carbocycles. The molecule has 0 spiro atoms. The van der Waals surface area contributed by atoms with Gasteiger partial charge in [0.05, 0.1) is 10.2 Å². The zero-order valence-corrected chi connectivity index (χ0v) is 23.7. The molecule has 0 saturated heterocycles. The standard InChI is InChI=1S/C22H29NO3S5Si/c1-4-24-32(25-5-2,26-6-3)17-11-13-18-12-7-9-15-20(18)28-30-31-29-22-23-19-14-8-10-16-21(19)27-22/h7-10,12,14-16H,4-6,11,13,17H2,1-3H3. The molecule has 32 heavy (non-hydrogen) atoms. The van der Waals surface area contributed by atoms with Crippen molar-refractivity contribution in [3.05, 3.63) is 54.1 Å². The van der Waals surface area contributed by atoms with Gasteiger partial charge in [-0.15, -0.1) is 11.3 Å². The van der Waals surface area contributed by atoms with Gasteiger partial charge in [-0.2, -0.15) is 0 Å². The first-order valence-electron chi connectivity index (χ1n) is 10.7. The van der Waals surface area contributed by atoms with Gasteiger partial charge in [0.2, 0.25) is 0 Å². The SMILES string of the molecule is CCO[Si](CCCc1ccccc1SSSSc1nc2ccccc2s1)(OCC)OCC. The van der Waals surface area contributed by atoms with Crippen molar-refractivity contribution >= 4 is 71.6 Å². The van der Waals surface area contributed by atoms with Crippen molar-refractivity contribution in [3.8, 4) is 0 Å². The van der Waals surface area contributed by atoms with Gasteiger partial charge in [0, 0.05) is 30.8 Å². The van der Waals surface area contributed by atoms with Gasteiger partial charge in [0.1, 0.15) is 0 Å². The van der Waals surface area contributed by atoms with Gasteiger partial charge in [-0.05, 0) is 98.6 Å². The predicted octanol–water partition coefficient (Wildman–Crippen LogP) is 8.37. The maximum atomic E-state index is 6.00. The molecule has 0 fully saturated rings. The molecule has 174 valence electrons. The quantitative estimate of drug-likeness (QED) is 0.108. The van der Waals surface area contributed by atoms with Crippen molar-refractivity contribution in [1.82, 2.24) is 4.98 Å². The number of thiazole rings is 1. The number of para-hydroxylation sites is 1. The summed E-state index contributed by atoms with van der Waals surface area (Å²) in [6, 6.07) is 17.8. The van der Waals surface area contributed by atoms with Crippen LogP contribution in [-0.4, -0.2) is 33.6 Å². The number of aromatic nitrogens is 1. The molecular formula is C22H29NO3S5Si. The lowest BCUT2D eigenvalue weighted by Gasteiger charge is -2.28. The van der Waals surface area contributed by atoms with Gasteiger partial charge >= 0.3 is 8.80 Å². The van der Waals surface area contributed by atoms with E-state index in [2.05, 4.69) is 47.4 Å². The Morgan fingerprint density at radius 1 is 0.844 bits per heavy atom. The van der Waals surface area contributed by atoms with Crippen LogP contribution in [0.4, 0.5) is 0 Å². The minimum Gasteiger partial charge on any atom is -0.374 e. The van der Waals surface area contributed by atoms with E-state index >= 15 is 0 Å². The number of hydrogen-bond donors (Lipinski definition) is 0. The largest absolute Gasteiger partial charge is 0.500 e. The lowest BCUT2D eigenvalue weighted by Crippen LogP contribution is -2.46.